The summed E-state index contributed by atoms with van der Waals surface area (Å²) in [6.45, 7) is 2.97. The first-order chi connectivity index (χ1) is 12.0. The van der Waals surface area contributed by atoms with Crippen LogP contribution in [-0.4, -0.2) is 44.6 Å². The van der Waals surface area contributed by atoms with Crippen LogP contribution in [0.15, 0.2) is 23.3 Å². The molecule has 0 aliphatic carbocycles. The third-order valence-electron chi connectivity index (χ3n) is 4.83. The fourth-order valence-electron chi connectivity index (χ4n) is 3.48. The van der Waals surface area contributed by atoms with Crippen molar-refractivity contribution in [2.24, 2.45) is 0 Å². The van der Waals surface area contributed by atoms with Crippen LogP contribution in [0.25, 0.3) is 10.9 Å². The number of nitrogens with zero attached hydrogens (tertiary/aromatic N) is 2. The zero-order valence-corrected chi connectivity index (χ0v) is 16.3. The summed E-state index contributed by atoms with van der Waals surface area (Å²) < 4.78 is 1.41. The lowest BCUT2D eigenvalue weighted by Crippen LogP contribution is -2.47. The number of aromatic nitrogens is 2. The van der Waals surface area contributed by atoms with Gasteiger partial charge in [0.25, 0.3) is 5.56 Å². The molecule has 3 atom stereocenters. The highest BCUT2D eigenvalue weighted by molar-refractivity contribution is 6.31. The van der Waals surface area contributed by atoms with Crippen molar-refractivity contribution in [1.29, 1.82) is 0 Å². The minimum Gasteiger partial charge on any atom is -0.392 e. The second kappa shape index (κ2) is 9.15. The molecule has 1 aromatic carbocycles. The largest absolute Gasteiger partial charge is 0.392 e. The number of fused-ring (bicyclic) bond motifs is 1. The molecule has 0 bridgehead atoms. The Morgan fingerprint density at radius 1 is 1.46 bits per heavy atom. The van der Waals surface area contributed by atoms with Gasteiger partial charge in [0.15, 0.2) is 0 Å². The molecule has 1 aromatic heterocycles. The summed E-state index contributed by atoms with van der Waals surface area (Å²) in [5.74, 6) is 0. The summed E-state index contributed by atoms with van der Waals surface area (Å²) in [4.78, 5) is 17.1. The molecule has 0 radical (unpaired) electrons. The van der Waals surface area contributed by atoms with Crippen LogP contribution in [0.1, 0.15) is 31.7 Å². The fraction of sp³-hybridized carbons (Fsp3) is 0.556. The molecule has 0 saturated carbocycles. The van der Waals surface area contributed by atoms with E-state index in [0.29, 0.717) is 22.3 Å². The third kappa shape index (κ3) is 4.56. The monoisotopic (exact) mass is 401 g/mol. The summed E-state index contributed by atoms with van der Waals surface area (Å²) in [5.41, 5.74) is 1.38. The Balaban J connectivity index is 0.00000243. The van der Waals surface area contributed by atoms with Crippen LogP contribution in [0.5, 0.6) is 0 Å². The Kier molecular flexibility index (Phi) is 7.43. The summed E-state index contributed by atoms with van der Waals surface area (Å²) >= 11 is 6.12. The number of piperidine rings is 1. The molecular weight excluding hydrogens is 377 g/mol. The lowest BCUT2D eigenvalue weighted by Gasteiger charge is -2.30. The molecule has 6 nitrogen and oxygen atoms in total. The molecule has 3 N–H and O–H groups in total. The minimum absolute atomic E-state index is 0. The predicted octanol–water partition coefficient (Wildman–Crippen LogP) is 1.90. The summed E-state index contributed by atoms with van der Waals surface area (Å²) in [7, 11) is 0. The molecule has 1 saturated heterocycles. The van der Waals surface area contributed by atoms with Gasteiger partial charge < -0.3 is 15.5 Å². The first kappa shape index (κ1) is 21.1. The number of rotatable bonds is 5. The lowest BCUT2D eigenvalue weighted by molar-refractivity contribution is 0.0539. The quantitative estimate of drug-likeness (QED) is 0.711. The van der Waals surface area contributed by atoms with E-state index in [1.54, 1.807) is 6.07 Å². The van der Waals surface area contributed by atoms with E-state index < -0.39 is 12.2 Å². The van der Waals surface area contributed by atoms with Crippen molar-refractivity contribution in [2.45, 2.75) is 57.4 Å². The van der Waals surface area contributed by atoms with Crippen molar-refractivity contribution in [2.75, 3.05) is 6.54 Å². The van der Waals surface area contributed by atoms with E-state index in [0.717, 1.165) is 31.4 Å². The van der Waals surface area contributed by atoms with Gasteiger partial charge >= 0.3 is 0 Å². The van der Waals surface area contributed by atoms with Crippen LogP contribution < -0.4 is 10.9 Å². The maximum Gasteiger partial charge on any atom is 0.261 e. The molecule has 26 heavy (non-hydrogen) atoms. The Bertz CT molecular complexity index is 812. The molecule has 0 amide bonds. The normalized spacial score (nSPS) is 21.4. The van der Waals surface area contributed by atoms with Gasteiger partial charge in [0.05, 0.1) is 36.0 Å². The lowest BCUT2D eigenvalue weighted by atomic mass is 9.96. The topological polar surface area (TPSA) is 87.4 Å². The average Bonchev–Trinajstić information content (AvgIpc) is 2.59. The smallest absolute Gasteiger partial charge is 0.261 e. The first-order valence-corrected chi connectivity index (χ1v) is 9.14. The van der Waals surface area contributed by atoms with Gasteiger partial charge in [-0.25, -0.2) is 4.98 Å². The summed E-state index contributed by atoms with van der Waals surface area (Å²) in [6, 6.07) is 3.31. The van der Waals surface area contributed by atoms with E-state index in [-0.39, 0.29) is 30.6 Å². The van der Waals surface area contributed by atoms with E-state index in [9.17, 15) is 15.0 Å². The molecule has 0 spiro atoms. The molecular formula is C18H25Cl2N3O3. The number of aliphatic hydroxyl groups excluding tert-OH is 2. The Morgan fingerprint density at radius 2 is 2.23 bits per heavy atom. The Morgan fingerprint density at radius 3 is 2.92 bits per heavy atom. The number of hydrogen-bond donors (Lipinski definition) is 3. The Labute approximate surface area is 163 Å². The molecule has 2 heterocycles. The van der Waals surface area contributed by atoms with Gasteiger partial charge in [-0.2, -0.15) is 0 Å². The van der Waals surface area contributed by atoms with Gasteiger partial charge in [0, 0.05) is 11.1 Å². The van der Waals surface area contributed by atoms with E-state index in [4.69, 9.17) is 11.6 Å². The molecule has 0 unspecified atom stereocenters. The molecule has 1 aliphatic rings. The van der Waals surface area contributed by atoms with E-state index in [2.05, 4.69) is 10.3 Å². The zero-order chi connectivity index (χ0) is 18.0. The van der Waals surface area contributed by atoms with Crippen molar-refractivity contribution in [3.05, 3.63) is 39.4 Å². The van der Waals surface area contributed by atoms with Gasteiger partial charge in [-0.15, -0.1) is 12.4 Å². The van der Waals surface area contributed by atoms with Gasteiger partial charge in [-0.05, 0) is 49.9 Å². The van der Waals surface area contributed by atoms with Gasteiger partial charge in [-0.3, -0.25) is 9.36 Å². The molecule has 3 rings (SSSR count). The van der Waals surface area contributed by atoms with Crippen LogP contribution >= 0.6 is 24.0 Å². The molecule has 144 valence electrons. The van der Waals surface area contributed by atoms with E-state index in [1.165, 1.54) is 10.9 Å². The minimum atomic E-state index is -0.743. The number of nitrogens with one attached hydrogen (secondary N) is 1. The number of hydrogen-bond acceptors (Lipinski definition) is 5. The van der Waals surface area contributed by atoms with Crippen LogP contribution in [0.2, 0.25) is 5.02 Å². The number of aryl methyl sites for hydroxylation is 1. The zero-order valence-electron chi connectivity index (χ0n) is 14.7. The van der Waals surface area contributed by atoms with Crippen molar-refractivity contribution in [3.63, 3.8) is 0 Å². The number of aliphatic hydroxyl groups is 2. The molecule has 1 aliphatic heterocycles. The van der Waals surface area contributed by atoms with Crippen molar-refractivity contribution in [3.8, 4) is 0 Å². The first-order valence-electron chi connectivity index (χ1n) is 8.76. The number of benzene rings is 1. The molecule has 1 fully saturated rings. The second-order valence-corrected chi connectivity index (χ2v) is 7.11. The van der Waals surface area contributed by atoms with Crippen LogP contribution in [-0.2, 0) is 13.0 Å². The van der Waals surface area contributed by atoms with Gasteiger partial charge in [-0.1, -0.05) is 18.5 Å². The van der Waals surface area contributed by atoms with Crippen molar-refractivity contribution >= 4 is 34.9 Å². The maximum atomic E-state index is 12.7. The summed E-state index contributed by atoms with van der Waals surface area (Å²) in [6.07, 6.45) is 3.07. The van der Waals surface area contributed by atoms with Crippen LogP contribution in [0.4, 0.5) is 0 Å². The van der Waals surface area contributed by atoms with Crippen LogP contribution in [0.3, 0.4) is 0 Å². The standard InChI is InChI=1S/C18H24ClN3O3.ClH/c1-2-11-6-12(19)7-14-17(11)21-10-22(18(14)25)9-13(23)8-15-16(24)4-3-5-20-15;/h6-7,10,13,15-16,20,23-24H,2-5,8-9H2,1H3;1H/t13-,15+,16-;/m0./s1. The highest BCUT2D eigenvalue weighted by atomic mass is 35.5. The number of halogens is 2. The van der Waals surface area contributed by atoms with E-state index in [1.807, 2.05) is 13.0 Å². The second-order valence-electron chi connectivity index (χ2n) is 6.68. The van der Waals surface area contributed by atoms with E-state index >= 15 is 0 Å². The SMILES string of the molecule is CCc1cc(Cl)cc2c(=O)n(C[C@@H](O)C[C@H]3NCCC[C@@H]3O)cnc12.Cl. The summed E-state index contributed by atoms with van der Waals surface area (Å²) in [5, 5.41) is 24.6. The third-order valence-corrected chi connectivity index (χ3v) is 5.05. The van der Waals surface area contributed by atoms with Crippen LogP contribution in [0, 0.1) is 0 Å². The molecule has 2 aromatic rings. The predicted molar refractivity (Wildman–Crippen MR) is 105 cm³/mol. The Hall–Kier alpha value is -1.18. The highest BCUT2D eigenvalue weighted by Gasteiger charge is 2.25. The highest BCUT2D eigenvalue weighted by Crippen LogP contribution is 2.20. The van der Waals surface area contributed by atoms with Gasteiger partial charge in [0.1, 0.15) is 0 Å². The fourth-order valence-corrected chi connectivity index (χ4v) is 3.72. The maximum absolute atomic E-state index is 12.7. The van der Waals surface area contributed by atoms with Crippen molar-refractivity contribution in [1.82, 2.24) is 14.9 Å². The molecule has 8 heteroatoms. The average molecular weight is 402 g/mol. The van der Waals surface area contributed by atoms with Crippen molar-refractivity contribution < 1.29 is 10.2 Å². The van der Waals surface area contributed by atoms with Gasteiger partial charge in [0.2, 0.25) is 0 Å².